The van der Waals surface area contributed by atoms with Gasteiger partial charge in [0, 0.05) is 25.4 Å². The molecule has 0 spiro atoms. The maximum atomic E-state index is 12.4. The van der Waals surface area contributed by atoms with Crippen LogP contribution in [0.4, 0.5) is 4.79 Å². The van der Waals surface area contributed by atoms with E-state index in [1.54, 1.807) is 23.1 Å². The first-order valence-corrected chi connectivity index (χ1v) is 10.2. The Morgan fingerprint density at radius 3 is 2.48 bits per heavy atom. The number of aliphatic hydroxyl groups is 1. The van der Waals surface area contributed by atoms with Gasteiger partial charge in [-0.25, -0.2) is 4.79 Å². The van der Waals surface area contributed by atoms with Crippen LogP contribution in [0.2, 0.25) is 0 Å². The molecule has 7 heteroatoms. The lowest BCUT2D eigenvalue weighted by atomic mass is 9.82. The van der Waals surface area contributed by atoms with Gasteiger partial charge in [0.05, 0.1) is 12.7 Å². The lowest BCUT2D eigenvalue weighted by Gasteiger charge is -2.38. The number of Topliss-reactive ketones (excluding diaryl/α,β-unsaturated/α-hetero) is 1. The Balaban J connectivity index is 1.50. The average Bonchev–Trinajstić information content (AvgIpc) is 3.24. The third kappa shape index (κ3) is 4.14. The number of carbonyl (C=O) groups is 2. The minimum Gasteiger partial charge on any atom is -0.493 e. The van der Waals surface area contributed by atoms with E-state index in [1.165, 1.54) is 14.0 Å². The van der Waals surface area contributed by atoms with Crippen LogP contribution in [-0.2, 0) is 16.9 Å². The van der Waals surface area contributed by atoms with Crippen molar-refractivity contribution >= 4 is 22.8 Å². The summed E-state index contributed by atoms with van der Waals surface area (Å²) >= 11 is 0. The Morgan fingerprint density at radius 1 is 1.13 bits per heavy atom. The molecule has 7 nitrogen and oxygen atoms in total. The van der Waals surface area contributed by atoms with Crippen LogP contribution in [0.1, 0.15) is 41.4 Å². The molecular weight excluding hydrogens is 398 g/mol. The molecule has 1 saturated heterocycles. The average molecular weight is 423 g/mol. The van der Waals surface area contributed by atoms with Crippen LogP contribution < -0.4 is 4.74 Å². The molecular formula is C24H25NO6. The van der Waals surface area contributed by atoms with Gasteiger partial charge in [0.1, 0.15) is 6.61 Å². The predicted molar refractivity (Wildman–Crippen MR) is 114 cm³/mol. The number of hydrogen-bond donors (Lipinski definition) is 1. The normalized spacial score (nSPS) is 15.6. The topological polar surface area (TPSA) is 89.2 Å². The fourth-order valence-electron chi connectivity index (χ4n) is 3.98. The van der Waals surface area contributed by atoms with Gasteiger partial charge >= 0.3 is 6.09 Å². The maximum Gasteiger partial charge on any atom is 0.410 e. The van der Waals surface area contributed by atoms with E-state index in [2.05, 4.69) is 0 Å². The van der Waals surface area contributed by atoms with Gasteiger partial charge in [-0.1, -0.05) is 36.4 Å². The summed E-state index contributed by atoms with van der Waals surface area (Å²) in [6.45, 7) is 2.35. The number of likely N-dealkylation sites (tertiary alicyclic amines) is 1. The Kier molecular flexibility index (Phi) is 5.69. The molecule has 2 aromatic carbocycles. The van der Waals surface area contributed by atoms with Gasteiger partial charge < -0.3 is 23.9 Å². The van der Waals surface area contributed by atoms with Crippen molar-refractivity contribution in [1.29, 1.82) is 0 Å². The predicted octanol–water partition coefficient (Wildman–Crippen LogP) is 4.26. The molecule has 31 heavy (non-hydrogen) atoms. The highest BCUT2D eigenvalue weighted by Gasteiger charge is 2.38. The number of carbonyl (C=O) groups excluding carboxylic acids is 2. The number of rotatable bonds is 5. The molecule has 0 bridgehead atoms. The van der Waals surface area contributed by atoms with Crippen molar-refractivity contribution in [2.45, 2.75) is 32.0 Å². The summed E-state index contributed by atoms with van der Waals surface area (Å²) < 4.78 is 16.5. The molecule has 1 fully saturated rings. The first-order chi connectivity index (χ1) is 14.9. The van der Waals surface area contributed by atoms with Crippen molar-refractivity contribution in [2.24, 2.45) is 0 Å². The number of furan rings is 1. The van der Waals surface area contributed by atoms with E-state index in [-0.39, 0.29) is 18.2 Å². The Hall–Kier alpha value is -3.32. The lowest BCUT2D eigenvalue weighted by Crippen LogP contribution is -2.45. The van der Waals surface area contributed by atoms with Crippen molar-refractivity contribution in [2.75, 3.05) is 20.2 Å². The molecule has 1 N–H and O–H groups in total. The van der Waals surface area contributed by atoms with E-state index in [0.29, 0.717) is 48.2 Å². The van der Waals surface area contributed by atoms with Crippen molar-refractivity contribution in [3.63, 3.8) is 0 Å². The quantitative estimate of drug-likeness (QED) is 0.617. The molecule has 1 aliphatic rings. The minimum absolute atomic E-state index is 0.202. The second-order valence-corrected chi connectivity index (χ2v) is 7.78. The van der Waals surface area contributed by atoms with Crippen LogP contribution in [0, 0.1) is 0 Å². The standard InChI is InChI=1S/C24H25NO6/c1-16(26)21-14-18-19(8-9-20(29-2)22(18)31-21)24(28)10-12-25(13-11-24)23(27)30-15-17-6-4-3-5-7-17/h3-9,14,28H,10-13,15H2,1-2H3. The molecule has 0 unspecified atom stereocenters. The van der Waals surface area contributed by atoms with Gasteiger partial charge in [-0.05, 0) is 36.1 Å². The Morgan fingerprint density at radius 2 is 1.84 bits per heavy atom. The van der Waals surface area contributed by atoms with Gasteiger partial charge in [-0.15, -0.1) is 0 Å². The highest BCUT2D eigenvalue weighted by molar-refractivity contribution is 5.98. The fraction of sp³-hybridized carbons (Fsp3) is 0.333. The summed E-state index contributed by atoms with van der Waals surface area (Å²) in [5.74, 6) is 0.509. The molecule has 2 heterocycles. The van der Waals surface area contributed by atoms with Crippen LogP contribution in [0.5, 0.6) is 5.75 Å². The van der Waals surface area contributed by atoms with E-state index in [9.17, 15) is 14.7 Å². The largest absolute Gasteiger partial charge is 0.493 e. The molecule has 0 radical (unpaired) electrons. The van der Waals surface area contributed by atoms with Crippen LogP contribution in [-0.4, -0.2) is 42.1 Å². The summed E-state index contributed by atoms with van der Waals surface area (Å²) in [4.78, 5) is 25.9. The van der Waals surface area contributed by atoms with Crippen LogP contribution in [0.3, 0.4) is 0 Å². The van der Waals surface area contributed by atoms with E-state index in [1.807, 2.05) is 30.3 Å². The van der Waals surface area contributed by atoms with Crippen molar-refractivity contribution in [1.82, 2.24) is 4.90 Å². The smallest absolute Gasteiger partial charge is 0.410 e. The highest BCUT2D eigenvalue weighted by Crippen LogP contribution is 2.41. The molecule has 0 aliphatic carbocycles. The summed E-state index contributed by atoms with van der Waals surface area (Å²) in [6, 6.07) is 14.7. The molecule has 0 saturated carbocycles. The number of ketones is 1. The van der Waals surface area contributed by atoms with E-state index in [0.717, 1.165) is 5.56 Å². The van der Waals surface area contributed by atoms with Crippen LogP contribution in [0.25, 0.3) is 11.0 Å². The van der Waals surface area contributed by atoms with Gasteiger partial charge in [0.2, 0.25) is 0 Å². The Bertz CT molecular complexity index is 1100. The molecule has 1 aliphatic heterocycles. The zero-order valence-electron chi connectivity index (χ0n) is 17.6. The SMILES string of the molecule is COc1ccc(C2(O)CCN(C(=O)OCc3ccccc3)CC2)c2cc(C(C)=O)oc12. The molecule has 3 aromatic rings. The van der Waals surface area contributed by atoms with Gasteiger partial charge in [0.25, 0.3) is 0 Å². The van der Waals surface area contributed by atoms with E-state index in [4.69, 9.17) is 13.9 Å². The van der Waals surface area contributed by atoms with Gasteiger partial charge in [0.15, 0.2) is 22.9 Å². The van der Waals surface area contributed by atoms with Crippen molar-refractivity contribution < 1.29 is 28.6 Å². The van der Waals surface area contributed by atoms with E-state index >= 15 is 0 Å². The van der Waals surface area contributed by atoms with Crippen LogP contribution >= 0.6 is 0 Å². The number of fused-ring (bicyclic) bond motifs is 1. The zero-order valence-corrected chi connectivity index (χ0v) is 17.6. The number of ether oxygens (including phenoxy) is 2. The molecule has 1 amide bonds. The summed E-state index contributed by atoms with van der Waals surface area (Å²) in [6.07, 6.45) is 0.290. The van der Waals surface area contributed by atoms with Gasteiger partial charge in [-0.2, -0.15) is 0 Å². The molecule has 0 atom stereocenters. The van der Waals surface area contributed by atoms with Crippen molar-refractivity contribution in [3.05, 3.63) is 65.4 Å². The number of hydrogen-bond acceptors (Lipinski definition) is 6. The second kappa shape index (κ2) is 8.43. The number of piperidine rings is 1. The first-order valence-electron chi connectivity index (χ1n) is 10.2. The summed E-state index contributed by atoms with van der Waals surface area (Å²) in [7, 11) is 1.53. The molecule has 162 valence electrons. The van der Waals surface area contributed by atoms with Crippen molar-refractivity contribution in [3.8, 4) is 5.75 Å². The van der Waals surface area contributed by atoms with E-state index < -0.39 is 11.7 Å². The third-order valence-corrected chi connectivity index (χ3v) is 5.77. The minimum atomic E-state index is -1.15. The number of nitrogens with zero attached hydrogens (tertiary/aromatic N) is 1. The fourth-order valence-corrected chi connectivity index (χ4v) is 3.98. The monoisotopic (exact) mass is 423 g/mol. The number of methoxy groups -OCH3 is 1. The third-order valence-electron chi connectivity index (χ3n) is 5.77. The Labute approximate surface area is 180 Å². The van der Waals surface area contributed by atoms with Crippen LogP contribution in [0.15, 0.2) is 52.9 Å². The lowest BCUT2D eigenvalue weighted by molar-refractivity contribution is -0.0244. The van der Waals surface area contributed by atoms with Gasteiger partial charge in [-0.3, -0.25) is 4.79 Å². The molecule has 4 rings (SSSR count). The second-order valence-electron chi connectivity index (χ2n) is 7.78. The number of benzene rings is 2. The summed E-state index contributed by atoms with van der Waals surface area (Å²) in [5.41, 5.74) is 0.866. The zero-order chi connectivity index (χ0) is 22.0. The summed E-state index contributed by atoms with van der Waals surface area (Å²) in [5, 5.41) is 12.1. The highest BCUT2D eigenvalue weighted by atomic mass is 16.6. The molecule has 1 aromatic heterocycles. The number of amides is 1. The maximum absolute atomic E-state index is 12.4. The first kappa shape index (κ1) is 20.9.